The fourth-order valence-corrected chi connectivity index (χ4v) is 2.39. The zero-order chi connectivity index (χ0) is 14.4. The van der Waals surface area contributed by atoms with Gasteiger partial charge in [-0.05, 0) is 30.4 Å². The van der Waals surface area contributed by atoms with Crippen molar-refractivity contribution in [2.24, 2.45) is 0 Å². The van der Waals surface area contributed by atoms with Gasteiger partial charge in [-0.1, -0.05) is 6.07 Å². The second-order valence-electron chi connectivity index (χ2n) is 5.30. The van der Waals surface area contributed by atoms with E-state index >= 15 is 0 Å². The highest BCUT2D eigenvalue weighted by atomic mass is 16.4. The molecule has 3 aromatic rings. The minimum Gasteiger partial charge on any atom is -0.476 e. The molecule has 0 radical (unpaired) electrons. The van der Waals surface area contributed by atoms with E-state index in [9.17, 15) is 4.79 Å². The van der Waals surface area contributed by atoms with Gasteiger partial charge in [-0.2, -0.15) is 0 Å². The Labute approximate surface area is 119 Å². The SMILES string of the molecule is O=C(O)c1cn(Cc2nc3ccc(C4CC4)cn3n2)cn1. The van der Waals surface area contributed by atoms with Gasteiger partial charge in [0.05, 0.1) is 12.9 Å². The van der Waals surface area contributed by atoms with Crippen molar-refractivity contribution < 1.29 is 9.90 Å². The number of rotatable bonds is 4. The van der Waals surface area contributed by atoms with Crippen LogP contribution in [0, 0.1) is 0 Å². The average Bonchev–Trinajstić information content (AvgIpc) is 3.07. The summed E-state index contributed by atoms with van der Waals surface area (Å²) in [5.74, 6) is 0.275. The second kappa shape index (κ2) is 4.41. The molecule has 1 N–H and O–H groups in total. The molecule has 0 spiro atoms. The predicted molar refractivity (Wildman–Crippen MR) is 73.3 cm³/mol. The summed E-state index contributed by atoms with van der Waals surface area (Å²) in [6.45, 7) is 0.403. The molecule has 0 aliphatic heterocycles. The predicted octanol–water partition coefficient (Wildman–Crippen LogP) is 1.55. The van der Waals surface area contributed by atoms with Gasteiger partial charge in [0.2, 0.25) is 0 Å². The quantitative estimate of drug-likeness (QED) is 0.785. The van der Waals surface area contributed by atoms with Gasteiger partial charge in [-0.3, -0.25) is 0 Å². The zero-order valence-electron chi connectivity index (χ0n) is 11.2. The highest BCUT2D eigenvalue weighted by molar-refractivity contribution is 5.84. The summed E-state index contributed by atoms with van der Waals surface area (Å²) in [7, 11) is 0. The van der Waals surface area contributed by atoms with Crippen molar-refractivity contribution in [3.05, 3.63) is 47.9 Å². The summed E-state index contributed by atoms with van der Waals surface area (Å²) in [6.07, 6.45) is 7.48. The van der Waals surface area contributed by atoms with Crippen molar-refractivity contribution in [3.63, 3.8) is 0 Å². The van der Waals surface area contributed by atoms with Crippen LogP contribution in [0.1, 0.15) is 40.6 Å². The molecule has 1 fully saturated rings. The van der Waals surface area contributed by atoms with E-state index < -0.39 is 5.97 Å². The van der Waals surface area contributed by atoms with Crippen molar-refractivity contribution in [1.29, 1.82) is 0 Å². The van der Waals surface area contributed by atoms with Crippen molar-refractivity contribution in [2.75, 3.05) is 0 Å². The van der Waals surface area contributed by atoms with Gasteiger partial charge in [-0.25, -0.2) is 19.3 Å². The van der Waals surface area contributed by atoms with E-state index in [4.69, 9.17) is 5.11 Å². The highest BCUT2D eigenvalue weighted by Gasteiger charge is 2.24. The maximum atomic E-state index is 10.8. The summed E-state index contributed by atoms with van der Waals surface area (Å²) < 4.78 is 3.46. The fraction of sp³-hybridized carbons (Fsp3) is 0.286. The van der Waals surface area contributed by atoms with Gasteiger partial charge >= 0.3 is 5.97 Å². The van der Waals surface area contributed by atoms with Crippen molar-refractivity contribution in [1.82, 2.24) is 24.1 Å². The summed E-state index contributed by atoms with van der Waals surface area (Å²) in [5, 5.41) is 13.3. The Balaban J connectivity index is 1.61. The molecule has 0 unspecified atom stereocenters. The average molecular weight is 283 g/mol. The Morgan fingerprint density at radius 3 is 2.90 bits per heavy atom. The monoisotopic (exact) mass is 283 g/mol. The molecular weight excluding hydrogens is 270 g/mol. The third-order valence-electron chi connectivity index (χ3n) is 3.62. The van der Waals surface area contributed by atoms with Crippen LogP contribution in [0.3, 0.4) is 0 Å². The van der Waals surface area contributed by atoms with Crippen LogP contribution in [-0.4, -0.2) is 35.2 Å². The summed E-state index contributed by atoms with van der Waals surface area (Å²) in [5.41, 5.74) is 2.12. The van der Waals surface area contributed by atoms with Crippen LogP contribution in [0.4, 0.5) is 0 Å². The number of carbonyl (C=O) groups is 1. The number of aromatic carboxylic acids is 1. The summed E-state index contributed by atoms with van der Waals surface area (Å²) in [6, 6.07) is 4.08. The first kappa shape index (κ1) is 12.1. The Morgan fingerprint density at radius 2 is 2.19 bits per heavy atom. The Bertz CT molecular complexity index is 831. The molecule has 106 valence electrons. The molecule has 1 saturated carbocycles. The Morgan fingerprint density at radius 1 is 1.33 bits per heavy atom. The van der Waals surface area contributed by atoms with Crippen LogP contribution in [-0.2, 0) is 6.54 Å². The number of carboxylic acid groups (broad SMARTS) is 1. The van der Waals surface area contributed by atoms with E-state index in [1.54, 1.807) is 9.08 Å². The highest BCUT2D eigenvalue weighted by Crippen LogP contribution is 2.39. The number of aromatic nitrogens is 5. The van der Waals surface area contributed by atoms with Crippen LogP contribution >= 0.6 is 0 Å². The van der Waals surface area contributed by atoms with Crippen LogP contribution in [0.5, 0.6) is 0 Å². The van der Waals surface area contributed by atoms with E-state index in [0.29, 0.717) is 18.3 Å². The molecule has 7 nitrogen and oxygen atoms in total. The van der Waals surface area contributed by atoms with Gasteiger partial charge in [0.1, 0.15) is 0 Å². The molecular formula is C14H13N5O2. The van der Waals surface area contributed by atoms with Crippen LogP contribution in [0.15, 0.2) is 30.9 Å². The number of carboxylic acids is 1. The summed E-state index contributed by atoms with van der Waals surface area (Å²) in [4.78, 5) is 19.1. The standard InChI is InChI=1S/C14H13N5O2/c20-14(21)11-6-18(8-15-11)7-12-16-13-4-3-10(9-1-2-9)5-19(13)17-12/h3-6,8-9H,1-2,7H2,(H,20,21). The molecule has 1 aliphatic rings. The van der Waals surface area contributed by atoms with E-state index in [1.165, 1.54) is 30.9 Å². The molecule has 21 heavy (non-hydrogen) atoms. The molecule has 3 heterocycles. The largest absolute Gasteiger partial charge is 0.476 e. The van der Waals surface area contributed by atoms with Crippen LogP contribution in [0.25, 0.3) is 5.65 Å². The maximum Gasteiger partial charge on any atom is 0.356 e. The number of hydrogen-bond acceptors (Lipinski definition) is 4. The lowest BCUT2D eigenvalue weighted by molar-refractivity contribution is 0.0691. The van der Waals surface area contributed by atoms with Crippen molar-refractivity contribution in [2.45, 2.75) is 25.3 Å². The molecule has 0 amide bonds. The Hall–Kier alpha value is -2.70. The molecule has 0 aromatic carbocycles. The molecule has 0 saturated heterocycles. The number of hydrogen-bond donors (Lipinski definition) is 1. The lowest BCUT2D eigenvalue weighted by atomic mass is 10.2. The smallest absolute Gasteiger partial charge is 0.356 e. The van der Waals surface area contributed by atoms with E-state index in [0.717, 1.165) is 5.65 Å². The summed E-state index contributed by atoms with van der Waals surface area (Å²) >= 11 is 0. The van der Waals surface area contributed by atoms with Crippen LogP contribution in [0.2, 0.25) is 0 Å². The lowest BCUT2D eigenvalue weighted by Crippen LogP contribution is -2.00. The van der Waals surface area contributed by atoms with Gasteiger partial charge in [0.25, 0.3) is 0 Å². The molecule has 4 rings (SSSR count). The van der Waals surface area contributed by atoms with Gasteiger partial charge in [0.15, 0.2) is 17.2 Å². The topological polar surface area (TPSA) is 85.3 Å². The minimum atomic E-state index is -1.04. The number of fused-ring (bicyclic) bond motifs is 1. The van der Waals surface area contributed by atoms with Gasteiger partial charge < -0.3 is 9.67 Å². The second-order valence-corrected chi connectivity index (χ2v) is 5.30. The van der Waals surface area contributed by atoms with E-state index in [1.807, 2.05) is 12.3 Å². The lowest BCUT2D eigenvalue weighted by Gasteiger charge is -1.97. The van der Waals surface area contributed by atoms with Gasteiger partial charge in [-0.15, -0.1) is 5.10 Å². The first-order valence-corrected chi connectivity index (χ1v) is 6.79. The van der Waals surface area contributed by atoms with E-state index in [-0.39, 0.29) is 5.69 Å². The van der Waals surface area contributed by atoms with Crippen molar-refractivity contribution >= 4 is 11.6 Å². The minimum absolute atomic E-state index is 0.0229. The normalized spacial score (nSPS) is 14.7. The van der Waals surface area contributed by atoms with Crippen LogP contribution < -0.4 is 0 Å². The first-order chi connectivity index (χ1) is 10.2. The van der Waals surface area contributed by atoms with Gasteiger partial charge in [0, 0.05) is 12.4 Å². The first-order valence-electron chi connectivity index (χ1n) is 6.79. The fourth-order valence-electron chi connectivity index (χ4n) is 2.39. The molecule has 7 heteroatoms. The molecule has 0 bridgehead atoms. The third kappa shape index (κ3) is 2.26. The van der Waals surface area contributed by atoms with Crippen molar-refractivity contribution in [3.8, 4) is 0 Å². The number of pyridine rings is 1. The molecule has 0 atom stereocenters. The van der Waals surface area contributed by atoms with E-state index in [2.05, 4.69) is 21.1 Å². The number of nitrogens with zero attached hydrogens (tertiary/aromatic N) is 5. The zero-order valence-corrected chi connectivity index (χ0v) is 11.2. The third-order valence-corrected chi connectivity index (χ3v) is 3.62. The molecule has 1 aliphatic carbocycles. The maximum absolute atomic E-state index is 10.8. The molecule has 3 aromatic heterocycles. The number of imidazole rings is 1. The Kier molecular flexibility index (Phi) is 2.53.